The second-order valence-corrected chi connectivity index (χ2v) is 11.7. The molecule has 1 atom stereocenters. The minimum absolute atomic E-state index is 0.0267. The van der Waals surface area contributed by atoms with Crippen molar-refractivity contribution in [3.63, 3.8) is 0 Å². The van der Waals surface area contributed by atoms with Gasteiger partial charge in [-0.15, -0.1) is 10.2 Å². The fourth-order valence-corrected chi connectivity index (χ4v) is 6.12. The van der Waals surface area contributed by atoms with Gasteiger partial charge in [-0.3, -0.25) is 14.2 Å². The zero-order valence-corrected chi connectivity index (χ0v) is 25.4. The highest BCUT2D eigenvalue weighted by atomic mass is 35.5. The van der Waals surface area contributed by atoms with Crippen LogP contribution in [0.3, 0.4) is 0 Å². The van der Waals surface area contributed by atoms with Crippen LogP contribution in [0.1, 0.15) is 36.5 Å². The van der Waals surface area contributed by atoms with Crippen LogP contribution in [0.2, 0.25) is 5.02 Å². The summed E-state index contributed by atoms with van der Waals surface area (Å²) in [6.07, 6.45) is 2.14. The number of carbonyl (C=O) groups excluding carboxylic acids is 2. The van der Waals surface area contributed by atoms with Gasteiger partial charge in [0.15, 0.2) is 11.0 Å². The molecule has 0 spiro atoms. The molecule has 42 heavy (non-hydrogen) atoms. The summed E-state index contributed by atoms with van der Waals surface area (Å²) in [5, 5.41) is 10.4. The van der Waals surface area contributed by atoms with Gasteiger partial charge in [0.1, 0.15) is 5.75 Å². The number of unbranched alkanes of at least 4 members (excludes halogenated alkanes) is 1. The molecular formula is C32H34ClN5O3S. The van der Waals surface area contributed by atoms with Gasteiger partial charge in [-0.2, -0.15) is 0 Å². The molecule has 8 nitrogen and oxygen atoms in total. The van der Waals surface area contributed by atoms with Crippen molar-refractivity contribution in [3.05, 3.63) is 89.4 Å². The number of aromatic nitrogens is 3. The van der Waals surface area contributed by atoms with Crippen LogP contribution in [0.25, 0.3) is 17.1 Å². The molecule has 0 N–H and O–H groups in total. The number of benzene rings is 3. The Hall–Kier alpha value is -3.82. The summed E-state index contributed by atoms with van der Waals surface area (Å²) in [6.45, 7) is 3.60. The molecule has 1 saturated heterocycles. The fourth-order valence-electron chi connectivity index (χ4n) is 5.05. The van der Waals surface area contributed by atoms with Gasteiger partial charge in [-0.25, -0.2) is 0 Å². The van der Waals surface area contributed by atoms with Gasteiger partial charge in [0.25, 0.3) is 5.91 Å². The number of piperazine rings is 1. The summed E-state index contributed by atoms with van der Waals surface area (Å²) in [5.74, 6) is 2.49. The average molecular weight is 604 g/mol. The molecule has 10 heteroatoms. The number of nitrogens with zero attached hydrogens (tertiary/aromatic N) is 5. The maximum absolute atomic E-state index is 13.0. The quantitative estimate of drug-likeness (QED) is 0.158. The number of methoxy groups -OCH3 is 1. The van der Waals surface area contributed by atoms with Crippen molar-refractivity contribution < 1.29 is 14.3 Å². The van der Waals surface area contributed by atoms with Gasteiger partial charge < -0.3 is 14.5 Å². The third kappa shape index (κ3) is 6.97. The Morgan fingerprint density at radius 1 is 0.952 bits per heavy atom. The van der Waals surface area contributed by atoms with Crippen molar-refractivity contribution in [2.24, 2.45) is 0 Å². The van der Waals surface area contributed by atoms with E-state index in [1.165, 1.54) is 0 Å². The van der Waals surface area contributed by atoms with Crippen molar-refractivity contribution in [2.45, 2.75) is 37.4 Å². The third-order valence-corrected chi connectivity index (χ3v) is 8.61. The zero-order chi connectivity index (χ0) is 29.5. The predicted molar refractivity (Wildman–Crippen MR) is 166 cm³/mol. The number of amides is 2. The van der Waals surface area contributed by atoms with Gasteiger partial charge in [-0.1, -0.05) is 53.7 Å². The van der Waals surface area contributed by atoms with Crippen LogP contribution in [-0.2, 0) is 4.79 Å². The lowest BCUT2D eigenvalue weighted by Crippen LogP contribution is -2.55. The summed E-state index contributed by atoms with van der Waals surface area (Å²) in [5.41, 5.74) is 2.56. The highest BCUT2D eigenvalue weighted by Gasteiger charge is 2.30. The van der Waals surface area contributed by atoms with Crippen LogP contribution in [0.15, 0.2) is 84.0 Å². The van der Waals surface area contributed by atoms with Crippen LogP contribution in [0.4, 0.5) is 0 Å². The molecule has 1 fully saturated rings. The van der Waals surface area contributed by atoms with Crippen molar-refractivity contribution in [2.75, 3.05) is 32.5 Å². The number of carbonyl (C=O) groups is 2. The highest BCUT2D eigenvalue weighted by Crippen LogP contribution is 2.29. The molecule has 4 aromatic rings. The lowest BCUT2D eigenvalue weighted by Gasteiger charge is -2.40. The van der Waals surface area contributed by atoms with E-state index in [0.717, 1.165) is 46.6 Å². The molecule has 5 rings (SSSR count). The number of rotatable bonds is 10. The van der Waals surface area contributed by atoms with Crippen LogP contribution in [-0.4, -0.2) is 74.9 Å². The summed E-state index contributed by atoms with van der Waals surface area (Å²) in [7, 11) is 1.65. The van der Waals surface area contributed by atoms with E-state index in [2.05, 4.69) is 14.8 Å². The summed E-state index contributed by atoms with van der Waals surface area (Å²) in [4.78, 5) is 29.6. The predicted octanol–water partition coefficient (Wildman–Crippen LogP) is 6.23. The Kier molecular flexibility index (Phi) is 9.81. The fraction of sp³-hybridized carbons (Fsp3) is 0.312. The molecule has 3 aromatic carbocycles. The van der Waals surface area contributed by atoms with E-state index in [0.29, 0.717) is 36.6 Å². The number of hydrogen-bond donors (Lipinski definition) is 0. The molecule has 0 radical (unpaired) electrons. The highest BCUT2D eigenvalue weighted by molar-refractivity contribution is 7.99. The first-order chi connectivity index (χ1) is 20.4. The first kappa shape index (κ1) is 29.7. The second-order valence-electron chi connectivity index (χ2n) is 10.2. The molecule has 0 bridgehead atoms. The normalized spacial score (nSPS) is 15.1. The Morgan fingerprint density at radius 3 is 2.38 bits per heavy atom. The first-order valence-electron chi connectivity index (χ1n) is 14.1. The van der Waals surface area contributed by atoms with Crippen molar-refractivity contribution in [3.8, 4) is 22.8 Å². The number of thioether (sulfide) groups is 1. The molecule has 1 aliphatic heterocycles. The second kappa shape index (κ2) is 13.9. The molecular weight excluding hydrogens is 570 g/mol. The van der Waals surface area contributed by atoms with Crippen molar-refractivity contribution in [1.29, 1.82) is 0 Å². The maximum atomic E-state index is 13.0. The van der Waals surface area contributed by atoms with Crippen LogP contribution in [0, 0.1) is 0 Å². The van der Waals surface area contributed by atoms with Crippen LogP contribution < -0.4 is 4.74 Å². The first-order valence-corrected chi connectivity index (χ1v) is 15.4. The molecule has 0 aliphatic carbocycles. The Morgan fingerprint density at radius 2 is 1.69 bits per heavy atom. The van der Waals surface area contributed by atoms with E-state index >= 15 is 0 Å². The monoisotopic (exact) mass is 603 g/mol. The maximum Gasteiger partial charge on any atom is 0.254 e. The topological polar surface area (TPSA) is 80.6 Å². The zero-order valence-electron chi connectivity index (χ0n) is 23.8. The Bertz CT molecular complexity index is 1500. The lowest BCUT2D eigenvalue weighted by molar-refractivity contribution is -0.133. The van der Waals surface area contributed by atoms with Gasteiger partial charge >= 0.3 is 0 Å². The molecule has 1 unspecified atom stereocenters. The third-order valence-electron chi connectivity index (χ3n) is 7.34. The molecule has 2 amide bonds. The van der Waals surface area contributed by atoms with E-state index in [4.69, 9.17) is 16.3 Å². The molecule has 0 saturated carbocycles. The smallest absolute Gasteiger partial charge is 0.254 e. The number of halogens is 1. The van der Waals surface area contributed by atoms with Gasteiger partial charge in [0.2, 0.25) is 5.91 Å². The molecule has 218 valence electrons. The van der Waals surface area contributed by atoms with E-state index in [-0.39, 0.29) is 17.9 Å². The largest absolute Gasteiger partial charge is 0.497 e. The minimum atomic E-state index is -0.0513. The van der Waals surface area contributed by atoms with Gasteiger partial charge in [0.05, 0.1) is 7.11 Å². The molecule has 1 aromatic heterocycles. The van der Waals surface area contributed by atoms with Gasteiger partial charge in [-0.05, 0) is 68.3 Å². The number of hydrogen-bond acceptors (Lipinski definition) is 6. The number of ether oxygens (including phenoxy) is 1. The lowest BCUT2D eigenvalue weighted by atomic mass is 10.1. The van der Waals surface area contributed by atoms with Crippen molar-refractivity contribution >= 4 is 35.2 Å². The van der Waals surface area contributed by atoms with Crippen molar-refractivity contribution in [1.82, 2.24) is 24.6 Å². The minimum Gasteiger partial charge on any atom is -0.497 e. The van der Waals surface area contributed by atoms with Crippen LogP contribution in [0.5, 0.6) is 5.75 Å². The van der Waals surface area contributed by atoms with E-state index in [1.54, 1.807) is 43.1 Å². The standard InChI is InChI=1S/C32H34ClN5O3S/c1-23-22-36(19-20-37(23)31(40)25-11-13-26(33)14-12-25)29(39)10-6-7-21-42-32-35-34-30(24-8-4-3-5-9-24)38(32)27-15-17-28(41-2)18-16-27/h3-5,8-9,11-18,23H,6-7,10,19-22H2,1-2H3. The van der Waals surface area contributed by atoms with Gasteiger partial charge in [0, 0.05) is 59.7 Å². The van der Waals surface area contributed by atoms with E-state index in [1.807, 2.05) is 71.3 Å². The molecule has 1 aliphatic rings. The molecule has 2 heterocycles. The average Bonchev–Trinajstić information content (AvgIpc) is 3.45. The SMILES string of the molecule is COc1ccc(-n2c(SCCCCC(=O)N3CCN(C(=O)c4ccc(Cl)cc4)C(C)C3)nnc2-c2ccccc2)cc1. The van der Waals surface area contributed by atoms with E-state index in [9.17, 15) is 9.59 Å². The Labute approximate surface area is 255 Å². The Balaban J connectivity index is 1.13. The van der Waals surface area contributed by atoms with E-state index < -0.39 is 0 Å². The van der Waals surface area contributed by atoms with Crippen LogP contribution >= 0.6 is 23.4 Å². The summed E-state index contributed by atoms with van der Waals surface area (Å²) in [6, 6.07) is 24.8. The summed E-state index contributed by atoms with van der Waals surface area (Å²) < 4.78 is 7.40. The summed E-state index contributed by atoms with van der Waals surface area (Å²) >= 11 is 7.60.